The second-order valence-corrected chi connectivity index (χ2v) is 6.35. The van der Waals surface area contributed by atoms with Crippen LogP contribution in [0.25, 0.3) is 0 Å². The topological polar surface area (TPSA) is 55.4 Å². The number of halogens is 1. The van der Waals surface area contributed by atoms with Gasteiger partial charge in [-0.15, -0.1) is 0 Å². The Morgan fingerprint density at radius 1 is 1.28 bits per heavy atom. The van der Waals surface area contributed by atoms with E-state index in [0.29, 0.717) is 5.56 Å². The Morgan fingerprint density at radius 3 is 2.72 bits per heavy atom. The Balaban J connectivity index is 1.67. The molecular weight excluding hydrogens is 321 g/mol. The molecule has 2 aromatic rings. The predicted molar refractivity (Wildman–Crippen MR) is 92.3 cm³/mol. The van der Waals surface area contributed by atoms with Crippen LogP contribution in [0.1, 0.15) is 53.7 Å². The lowest BCUT2D eigenvalue weighted by Crippen LogP contribution is -2.31. The van der Waals surface area contributed by atoms with Crippen molar-refractivity contribution in [1.29, 1.82) is 0 Å². The molecule has 2 aromatic carbocycles. The molecule has 0 unspecified atom stereocenters. The molecule has 130 valence electrons. The Hall–Kier alpha value is -2.69. The maximum Gasteiger partial charge on any atom is 0.258 e. The molecule has 0 aliphatic heterocycles. The number of carbonyl (C=O) groups excluding carboxylic acids is 2. The van der Waals surface area contributed by atoms with Gasteiger partial charge < -0.3 is 10.1 Å². The lowest BCUT2D eigenvalue weighted by atomic mass is 10.0. The van der Waals surface area contributed by atoms with Crippen molar-refractivity contribution in [2.45, 2.75) is 32.2 Å². The number of benzene rings is 2. The zero-order valence-electron chi connectivity index (χ0n) is 14.2. The molecule has 0 saturated heterocycles. The second kappa shape index (κ2) is 7.05. The van der Waals surface area contributed by atoms with E-state index in [0.717, 1.165) is 5.56 Å². The molecule has 0 radical (unpaired) electrons. The van der Waals surface area contributed by atoms with E-state index in [2.05, 4.69) is 5.32 Å². The number of nitrogens with one attached hydrogen (secondary N) is 1. The van der Waals surface area contributed by atoms with Gasteiger partial charge in [-0.2, -0.15) is 0 Å². The molecule has 1 aliphatic carbocycles. The molecule has 0 bridgehead atoms. The first-order chi connectivity index (χ1) is 12.0. The fourth-order valence-corrected chi connectivity index (χ4v) is 3.20. The van der Waals surface area contributed by atoms with E-state index in [4.69, 9.17) is 4.74 Å². The van der Waals surface area contributed by atoms with Gasteiger partial charge in [0.2, 0.25) is 0 Å². The van der Waals surface area contributed by atoms with E-state index in [1.54, 1.807) is 0 Å². The van der Waals surface area contributed by atoms with Gasteiger partial charge in [0.1, 0.15) is 11.6 Å². The Bertz CT molecular complexity index is 804. The molecule has 25 heavy (non-hydrogen) atoms. The highest BCUT2D eigenvalue weighted by atomic mass is 19.1. The van der Waals surface area contributed by atoms with Gasteiger partial charge in [-0.3, -0.25) is 9.59 Å². The number of amides is 1. The molecule has 4 nitrogen and oxygen atoms in total. The summed E-state index contributed by atoms with van der Waals surface area (Å²) in [4.78, 5) is 24.2. The molecule has 0 spiro atoms. The summed E-state index contributed by atoms with van der Waals surface area (Å²) in [6.45, 7) is 3.47. The van der Waals surface area contributed by atoms with Gasteiger partial charge >= 0.3 is 0 Å². The van der Waals surface area contributed by atoms with Gasteiger partial charge in [-0.1, -0.05) is 37.3 Å². The Labute approximate surface area is 146 Å². The third-order valence-electron chi connectivity index (χ3n) is 4.45. The highest BCUT2D eigenvalue weighted by molar-refractivity contribution is 6.03. The number of ether oxygens (including phenoxy) is 1. The molecule has 5 heteroatoms. The summed E-state index contributed by atoms with van der Waals surface area (Å²) in [5.74, 6) is -0.739. The molecule has 1 N–H and O–H groups in total. The van der Waals surface area contributed by atoms with Crippen molar-refractivity contribution >= 4 is 11.7 Å². The SMILES string of the molecule is C[C@@H]1CC(=O)c2c(OCC(=O)N[C@@H](C)c3ccccc3)ccc(F)c21. The maximum atomic E-state index is 14.0. The van der Waals surface area contributed by atoms with E-state index in [9.17, 15) is 14.0 Å². The fraction of sp³-hybridized carbons (Fsp3) is 0.300. The van der Waals surface area contributed by atoms with Crippen molar-refractivity contribution < 1.29 is 18.7 Å². The highest BCUT2D eigenvalue weighted by Gasteiger charge is 2.32. The van der Waals surface area contributed by atoms with Crippen molar-refractivity contribution in [1.82, 2.24) is 5.32 Å². The molecule has 1 aliphatic rings. The van der Waals surface area contributed by atoms with Gasteiger partial charge in [-0.25, -0.2) is 4.39 Å². The van der Waals surface area contributed by atoms with Gasteiger partial charge in [0, 0.05) is 12.0 Å². The molecule has 2 atom stereocenters. The van der Waals surface area contributed by atoms with Crippen LogP contribution in [0.15, 0.2) is 42.5 Å². The van der Waals surface area contributed by atoms with Gasteiger partial charge in [-0.05, 0) is 30.5 Å². The summed E-state index contributed by atoms with van der Waals surface area (Å²) < 4.78 is 19.5. The summed E-state index contributed by atoms with van der Waals surface area (Å²) in [6, 6.07) is 12.1. The third-order valence-corrected chi connectivity index (χ3v) is 4.45. The minimum absolute atomic E-state index is 0.143. The number of ketones is 1. The van der Waals surface area contributed by atoms with Gasteiger partial charge in [0.15, 0.2) is 12.4 Å². The summed E-state index contributed by atoms with van der Waals surface area (Å²) in [6.07, 6.45) is 0.268. The predicted octanol–water partition coefficient (Wildman–Crippen LogP) is 3.77. The number of carbonyl (C=O) groups is 2. The van der Waals surface area contributed by atoms with E-state index in [1.807, 2.05) is 44.2 Å². The van der Waals surface area contributed by atoms with Crippen LogP contribution in [0.3, 0.4) is 0 Å². The number of hydrogen-bond acceptors (Lipinski definition) is 3. The highest BCUT2D eigenvalue weighted by Crippen LogP contribution is 2.39. The largest absolute Gasteiger partial charge is 0.483 e. The first-order valence-electron chi connectivity index (χ1n) is 8.30. The van der Waals surface area contributed by atoms with Crippen molar-refractivity contribution in [3.8, 4) is 5.75 Å². The van der Waals surface area contributed by atoms with Crippen molar-refractivity contribution in [2.24, 2.45) is 0 Å². The smallest absolute Gasteiger partial charge is 0.258 e. The number of rotatable bonds is 5. The zero-order valence-corrected chi connectivity index (χ0v) is 14.2. The van der Waals surface area contributed by atoms with Crippen LogP contribution in [-0.4, -0.2) is 18.3 Å². The van der Waals surface area contributed by atoms with Gasteiger partial charge in [0.25, 0.3) is 5.91 Å². The van der Waals surface area contributed by atoms with E-state index in [-0.39, 0.29) is 48.0 Å². The van der Waals surface area contributed by atoms with Crippen LogP contribution < -0.4 is 10.1 Å². The van der Waals surface area contributed by atoms with Crippen molar-refractivity contribution in [3.05, 3.63) is 65.0 Å². The number of Topliss-reactive ketones (excluding diaryl/α,β-unsaturated/α-hetero) is 1. The molecule has 3 rings (SSSR count). The molecule has 0 heterocycles. The van der Waals surface area contributed by atoms with Crippen LogP contribution in [0.4, 0.5) is 4.39 Å². The molecular formula is C20H20FNO3. The molecule has 0 fully saturated rings. The number of fused-ring (bicyclic) bond motifs is 1. The lowest BCUT2D eigenvalue weighted by molar-refractivity contribution is -0.123. The Kier molecular flexibility index (Phi) is 4.83. The van der Waals surface area contributed by atoms with E-state index >= 15 is 0 Å². The van der Waals surface area contributed by atoms with E-state index < -0.39 is 5.82 Å². The monoisotopic (exact) mass is 341 g/mol. The summed E-state index contributed by atoms with van der Waals surface area (Å²) >= 11 is 0. The quantitative estimate of drug-likeness (QED) is 0.901. The normalized spacial score (nSPS) is 17.1. The standard InChI is InChI=1S/C20H20FNO3/c1-12-10-16(23)20-17(9-8-15(21)19(12)20)25-11-18(24)22-13(2)14-6-4-3-5-7-14/h3-9,12-13H,10-11H2,1-2H3,(H,22,24)/t12-,13+/m1/s1. The van der Waals surface area contributed by atoms with Crippen molar-refractivity contribution in [3.63, 3.8) is 0 Å². The van der Waals surface area contributed by atoms with Crippen LogP contribution in [-0.2, 0) is 4.79 Å². The van der Waals surface area contributed by atoms with Gasteiger partial charge in [0.05, 0.1) is 11.6 Å². The van der Waals surface area contributed by atoms with E-state index in [1.165, 1.54) is 12.1 Å². The lowest BCUT2D eigenvalue weighted by Gasteiger charge is -2.15. The Morgan fingerprint density at radius 2 is 2.00 bits per heavy atom. The summed E-state index contributed by atoms with van der Waals surface area (Å²) in [5, 5.41) is 2.84. The minimum atomic E-state index is -0.400. The zero-order chi connectivity index (χ0) is 18.0. The first kappa shape index (κ1) is 17.1. The van der Waals surface area contributed by atoms with Crippen LogP contribution in [0.2, 0.25) is 0 Å². The number of hydrogen-bond donors (Lipinski definition) is 1. The fourth-order valence-electron chi connectivity index (χ4n) is 3.20. The molecule has 0 aromatic heterocycles. The second-order valence-electron chi connectivity index (χ2n) is 6.35. The van der Waals surface area contributed by atoms with Crippen LogP contribution >= 0.6 is 0 Å². The van der Waals surface area contributed by atoms with Crippen LogP contribution in [0.5, 0.6) is 5.75 Å². The van der Waals surface area contributed by atoms with Crippen molar-refractivity contribution in [2.75, 3.05) is 6.61 Å². The molecule has 0 saturated carbocycles. The minimum Gasteiger partial charge on any atom is -0.483 e. The van der Waals surface area contributed by atoms with Crippen LogP contribution in [0, 0.1) is 5.82 Å². The average Bonchev–Trinajstić information content (AvgIpc) is 2.90. The molecule has 1 amide bonds. The first-order valence-corrected chi connectivity index (χ1v) is 8.30. The average molecular weight is 341 g/mol. The third kappa shape index (κ3) is 3.55. The maximum absolute atomic E-state index is 14.0. The summed E-state index contributed by atoms with van der Waals surface area (Å²) in [7, 11) is 0. The summed E-state index contributed by atoms with van der Waals surface area (Å²) in [5.41, 5.74) is 1.65.